The van der Waals surface area contributed by atoms with E-state index in [1.165, 1.54) is 11.8 Å². The maximum absolute atomic E-state index is 8.47. The van der Waals surface area contributed by atoms with Gasteiger partial charge < -0.3 is 0 Å². The number of nitriles is 1. The standard InChI is InChI=1S/C11H10N4S2/c1-7-11(17-8(2)13-7)9-3-4-10(15-14-9)16-6-5-12/h3-4H,6H2,1-2H3. The van der Waals surface area contributed by atoms with E-state index in [1.807, 2.05) is 26.0 Å². The van der Waals surface area contributed by atoms with Gasteiger partial charge in [0.1, 0.15) is 10.7 Å². The highest BCUT2D eigenvalue weighted by molar-refractivity contribution is 7.99. The van der Waals surface area contributed by atoms with E-state index in [4.69, 9.17) is 5.26 Å². The first-order chi connectivity index (χ1) is 8.20. The van der Waals surface area contributed by atoms with Crippen LogP contribution >= 0.6 is 23.1 Å². The molecule has 0 atom stereocenters. The van der Waals surface area contributed by atoms with Crippen molar-refractivity contribution in [2.75, 3.05) is 5.75 Å². The second-order valence-corrected chi connectivity index (χ2v) is 5.55. The summed E-state index contributed by atoms with van der Waals surface area (Å²) in [5.41, 5.74) is 1.83. The zero-order valence-electron chi connectivity index (χ0n) is 9.47. The number of nitrogens with zero attached hydrogens (tertiary/aromatic N) is 4. The maximum atomic E-state index is 8.47. The van der Waals surface area contributed by atoms with E-state index in [1.54, 1.807) is 11.3 Å². The van der Waals surface area contributed by atoms with Crippen LogP contribution in [0.4, 0.5) is 0 Å². The van der Waals surface area contributed by atoms with Crippen LogP contribution in [0.5, 0.6) is 0 Å². The Morgan fingerprint density at radius 1 is 1.35 bits per heavy atom. The number of thioether (sulfide) groups is 1. The summed E-state index contributed by atoms with van der Waals surface area (Å²) in [5.74, 6) is 0.396. The summed E-state index contributed by atoms with van der Waals surface area (Å²) in [7, 11) is 0. The van der Waals surface area contributed by atoms with E-state index in [0.29, 0.717) is 5.75 Å². The molecule has 0 aliphatic carbocycles. The SMILES string of the molecule is Cc1nc(C)c(-c2ccc(SCC#N)nn2)s1. The van der Waals surface area contributed by atoms with Gasteiger partial charge >= 0.3 is 0 Å². The summed E-state index contributed by atoms with van der Waals surface area (Å²) in [5, 5.41) is 18.5. The third-order valence-corrected chi connectivity index (χ3v) is 3.94. The Morgan fingerprint density at radius 3 is 2.71 bits per heavy atom. The first-order valence-corrected chi connectivity index (χ1v) is 6.79. The minimum atomic E-state index is 0.396. The molecule has 0 spiro atoms. The minimum Gasteiger partial charge on any atom is -0.246 e. The van der Waals surface area contributed by atoms with Crippen molar-refractivity contribution >= 4 is 23.1 Å². The lowest BCUT2D eigenvalue weighted by atomic mass is 10.3. The van der Waals surface area contributed by atoms with E-state index in [2.05, 4.69) is 21.3 Å². The van der Waals surface area contributed by atoms with Crippen LogP contribution < -0.4 is 0 Å². The lowest BCUT2D eigenvalue weighted by molar-refractivity contribution is 0.937. The van der Waals surface area contributed by atoms with Crippen LogP contribution in [0, 0.1) is 25.2 Å². The molecule has 4 nitrogen and oxygen atoms in total. The lowest BCUT2D eigenvalue weighted by Crippen LogP contribution is -1.89. The molecule has 17 heavy (non-hydrogen) atoms. The first-order valence-electron chi connectivity index (χ1n) is 4.98. The van der Waals surface area contributed by atoms with Crippen LogP contribution in [0.25, 0.3) is 10.6 Å². The molecule has 86 valence electrons. The summed E-state index contributed by atoms with van der Waals surface area (Å²) in [6, 6.07) is 5.87. The van der Waals surface area contributed by atoms with E-state index in [-0.39, 0.29) is 0 Å². The fraction of sp³-hybridized carbons (Fsp3) is 0.273. The predicted molar refractivity (Wildman–Crippen MR) is 69.0 cm³/mol. The maximum Gasteiger partial charge on any atom is 0.120 e. The van der Waals surface area contributed by atoms with Crippen LogP contribution in [-0.4, -0.2) is 20.9 Å². The highest BCUT2D eigenvalue weighted by atomic mass is 32.2. The Labute approximate surface area is 108 Å². The molecule has 0 N–H and O–H groups in total. The third-order valence-electron chi connectivity index (χ3n) is 2.06. The number of hydrogen-bond donors (Lipinski definition) is 0. The molecule has 2 aromatic heterocycles. The van der Waals surface area contributed by atoms with Crippen molar-refractivity contribution in [3.05, 3.63) is 22.8 Å². The fourth-order valence-electron chi connectivity index (χ4n) is 1.39. The Balaban J connectivity index is 2.24. The molecule has 2 rings (SSSR count). The van der Waals surface area contributed by atoms with Crippen LogP contribution in [0.3, 0.4) is 0 Å². The second-order valence-electron chi connectivity index (χ2n) is 3.35. The van der Waals surface area contributed by atoms with Gasteiger partial charge in [0.15, 0.2) is 0 Å². The van der Waals surface area contributed by atoms with Gasteiger partial charge in [-0.2, -0.15) is 5.26 Å². The van der Waals surface area contributed by atoms with E-state index >= 15 is 0 Å². The van der Waals surface area contributed by atoms with Gasteiger partial charge in [-0.25, -0.2) is 4.98 Å². The normalized spacial score (nSPS) is 10.2. The van der Waals surface area contributed by atoms with Gasteiger partial charge in [-0.3, -0.25) is 0 Å². The number of thiazole rings is 1. The highest BCUT2D eigenvalue weighted by Crippen LogP contribution is 2.28. The van der Waals surface area contributed by atoms with Crippen molar-refractivity contribution in [2.24, 2.45) is 0 Å². The fourth-order valence-corrected chi connectivity index (χ4v) is 2.75. The van der Waals surface area contributed by atoms with Crippen molar-refractivity contribution in [3.8, 4) is 16.6 Å². The zero-order chi connectivity index (χ0) is 12.3. The molecular weight excluding hydrogens is 252 g/mol. The molecule has 0 aliphatic rings. The number of hydrogen-bond acceptors (Lipinski definition) is 6. The Hall–Kier alpha value is -1.45. The van der Waals surface area contributed by atoms with Gasteiger partial charge in [0.2, 0.25) is 0 Å². The monoisotopic (exact) mass is 262 g/mol. The van der Waals surface area contributed by atoms with Crippen molar-refractivity contribution < 1.29 is 0 Å². The molecular formula is C11H10N4S2. The molecule has 0 saturated heterocycles. The van der Waals surface area contributed by atoms with Gasteiger partial charge in [0, 0.05) is 0 Å². The first kappa shape index (κ1) is 12.0. The molecule has 2 heterocycles. The Kier molecular flexibility index (Phi) is 3.71. The quantitative estimate of drug-likeness (QED) is 0.796. The zero-order valence-corrected chi connectivity index (χ0v) is 11.1. The molecule has 0 radical (unpaired) electrons. The Bertz CT molecular complexity index is 554. The van der Waals surface area contributed by atoms with E-state index < -0.39 is 0 Å². The summed E-state index contributed by atoms with van der Waals surface area (Å²) in [4.78, 5) is 5.42. The summed E-state index contributed by atoms with van der Waals surface area (Å²) in [6.07, 6.45) is 0. The summed E-state index contributed by atoms with van der Waals surface area (Å²) in [6.45, 7) is 3.95. The highest BCUT2D eigenvalue weighted by Gasteiger charge is 2.09. The van der Waals surface area contributed by atoms with Crippen molar-refractivity contribution in [1.82, 2.24) is 15.2 Å². The molecule has 6 heteroatoms. The van der Waals surface area contributed by atoms with Crippen LogP contribution in [0.2, 0.25) is 0 Å². The molecule has 0 fully saturated rings. The molecule has 0 amide bonds. The average molecular weight is 262 g/mol. The molecule has 0 aromatic carbocycles. The predicted octanol–water partition coefficient (Wildman–Crippen LogP) is 2.83. The smallest absolute Gasteiger partial charge is 0.120 e. The molecule has 0 aliphatic heterocycles. The van der Waals surface area contributed by atoms with Gasteiger partial charge in [-0.1, -0.05) is 11.8 Å². The third kappa shape index (κ3) is 2.81. The van der Waals surface area contributed by atoms with Crippen LogP contribution in [0.1, 0.15) is 10.7 Å². The Morgan fingerprint density at radius 2 is 2.18 bits per heavy atom. The van der Waals surface area contributed by atoms with Gasteiger partial charge in [-0.15, -0.1) is 21.5 Å². The topological polar surface area (TPSA) is 62.5 Å². The summed E-state index contributed by atoms with van der Waals surface area (Å²) >= 11 is 3.01. The minimum absolute atomic E-state index is 0.396. The average Bonchev–Trinajstić information content (AvgIpc) is 2.66. The summed E-state index contributed by atoms with van der Waals surface area (Å²) < 4.78 is 0. The second kappa shape index (κ2) is 5.25. The van der Waals surface area contributed by atoms with Gasteiger partial charge in [0.25, 0.3) is 0 Å². The number of rotatable bonds is 3. The largest absolute Gasteiger partial charge is 0.246 e. The van der Waals surface area contributed by atoms with Crippen molar-refractivity contribution in [3.63, 3.8) is 0 Å². The van der Waals surface area contributed by atoms with E-state index in [9.17, 15) is 0 Å². The van der Waals surface area contributed by atoms with Crippen LogP contribution in [-0.2, 0) is 0 Å². The number of aromatic nitrogens is 3. The molecule has 2 aromatic rings. The number of aryl methyl sites for hydroxylation is 2. The van der Waals surface area contributed by atoms with Crippen LogP contribution in [0.15, 0.2) is 17.2 Å². The molecule has 0 saturated carbocycles. The lowest BCUT2D eigenvalue weighted by Gasteiger charge is -1.98. The van der Waals surface area contributed by atoms with Crippen molar-refractivity contribution in [2.45, 2.75) is 18.9 Å². The van der Waals surface area contributed by atoms with Gasteiger partial charge in [0.05, 0.1) is 27.4 Å². The van der Waals surface area contributed by atoms with Gasteiger partial charge in [-0.05, 0) is 26.0 Å². The molecule has 0 bridgehead atoms. The van der Waals surface area contributed by atoms with E-state index in [0.717, 1.165) is 26.3 Å². The molecule has 0 unspecified atom stereocenters. The van der Waals surface area contributed by atoms with Crippen molar-refractivity contribution in [1.29, 1.82) is 5.26 Å².